The van der Waals surface area contributed by atoms with Crippen molar-refractivity contribution in [2.45, 2.75) is 0 Å². The number of nitrogens with two attached hydrogens (primary N) is 4. The Labute approximate surface area is 169 Å². The van der Waals surface area contributed by atoms with E-state index in [1.165, 1.54) is 24.3 Å². The van der Waals surface area contributed by atoms with Crippen LogP contribution in [-0.4, -0.2) is 38.8 Å². The SMILES string of the molecule is NCCN.NCCN.O=Cc1ccccc1[O-].O=Cc1ccccc1[O-].[Co+2]. The first kappa shape index (κ1) is 29.5. The molecule has 0 aliphatic heterocycles. The molecule has 0 saturated carbocycles. The molecule has 0 spiro atoms. The van der Waals surface area contributed by atoms with Crippen molar-refractivity contribution < 1.29 is 36.6 Å². The Bertz CT molecular complexity index is 558. The molecule has 0 atom stereocenters. The summed E-state index contributed by atoms with van der Waals surface area (Å²) in [6, 6.07) is 12.2. The van der Waals surface area contributed by atoms with E-state index in [4.69, 9.17) is 22.9 Å². The van der Waals surface area contributed by atoms with E-state index in [2.05, 4.69) is 0 Å². The minimum atomic E-state index is -0.215. The Morgan fingerprint density at radius 2 is 0.889 bits per heavy atom. The van der Waals surface area contributed by atoms with E-state index in [1.54, 1.807) is 24.3 Å². The van der Waals surface area contributed by atoms with Crippen molar-refractivity contribution in [3.05, 3.63) is 59.7 Å². The van der Waals surface area contributed by atoms with Crippen molar-refractivity contribution in [3.8, 4) is 11.5 Å². The first-order valence-corrected chi connectivity index (χ1v) is 7.74. The number of carbonyl (C=O) groups is 2. The molecule has 2 rings (SSSR count). The Morgan fingerprint density at radius 1 is 0.630 bits per heavy atom. The standard InChI is InChI=1S/2C7H6O2.2C2H8N2.Co/c2*8-5-6-3-1-2-4-7(6)9;2*3-1-2-4;/h2*1-5,9H;2*1-4H2;/q;;;;+2/p-2. The van der Waals surface area contributed by atoms with Crippen LogP contribution in [-0.2, 0) is 16.8 Å². The monoisotopic (exact) mass is 421 g/mol. The van der Waals surface area contributed by atoms with Gasteiger partial charge in [0.1, 0.15) is 12.6 Å². The average Bonchev–Trinajstić information content (AvgIpc) is 2.69. The maximum Gasteiger partial charge on any atom is 2.00 e. The van der Waals surface area contributed by atoms with Crippen LogP contribution in [0, 0.1) is 0 Å². The van der Waals surface area contributed by atoms with Gasteiger partial charge in [0, 0.05) is 37.3 Å². The van der Waals surface area contributed by atoms with Crippen molar-refractivity contribution in [2.24, 2.45) is 22.9 Å². The molecular weight excluding hydrogens is 395 g/mol. The van der Waals surface area contributed by atoms with E-state index in [0.29, 0.717) is 38.8 Å². The molecule has 0 amide bonds. The molecule has 9 heteroatoms. The quantitative estimate of drug-likeness (QED) is 0.451. The number of hydrogen-bond acceptors (Lipinski definition) is 8. The smallest absolute Gasteiger partial charge is 0.872 e. The summed E-state index contributed by atoms with van der Waals surface area (Å²) in [7, 11) is 0. The van der Waals surface area contributed by atoms with Gasteiger partial charge in [-0.2, -0.15) is 0 Å². The molecule has 0 saturated heterocycles. The Hall–Kier alpha value is -2.27. The Morgan fingerprint density at radius 3 is 1.04 bits per heavy atom. The van der Waals surface area contributed by atoms with E-state index in [1.807, 2.05) is 0 Å². The van der Waals surface area contributed by atoms with E-state index in [-0.39, 0.29) is 39.4 Å². The van der Waals surface area contributed by atoms with E-state index in [9.17, 15) is 19.8 Å². The fraction of sp³-hybridized carbons (Fsp3) is 0.222. The average molecular weight is 421 g/mol. The second-order valence-corrected chi connectivity index (χ2v) is 4.47. The van der Waals surface area contributed by atoms with Gasteiger partial charge in [-0.25, -0.2) is 0 Å². The molecule has 0 aromatic heterocycles. The van der Waals surface area contributed by atoms with Gasteiger partial charge < -0.3 is 33.1 Å². The first-order chi connectivity index (χ1) is 12.5. The Kier molecular flexibility index (Phi) is 23.8. The summed E-state index contributed by atoms with van der Waals surface area (Å²) in [5.41, 5.74) is 20.1. The van der Waals surface area contributed by atoms with Crippen LogP contribution in [0.25, 0.3) is 0 Å². The largest absolute Gasteiger partial charge is 2.00 e. The van der Waals surface area contributed by atoms with Crippen LogP contribution < -0.4 is 33.1 Å². The van der Waals surface area contributed by atoms with Crippen molar-refractivity contribution >= 4 is 12.6 Å². The van der Waals surface area contributed by atoms with Crippen LogP contribution in [0.3, 0.4) is 0 Å². The maximum atomic E-state index is 10.6. The predicted octanol–water partition coefficient (Wildman–Crippen LogP) is -1.05. The molecule has 0 fully saturated rings. The third-order valence-electron chi connectivity index (χ3n) is 2.43. The van der Waals surface area contributed by atoms with Crippen molar-refractivity contribution in [1.29, 1.82) is 0 Å². The normalized spacial score (nSPS) is 8.15. The Balaban J connectivity index is -0.000000303. The molecule has 8 nitrogen and oxygen atoms in total. The van der Waals surface area contributed by atoms with Gasteiger partial charge in [-0.15, -0.1) is 0 Å². The minimum Gasteiger partial charge on any atom is -0.872 e. The topological polar surface area (TPSA) is 184 Å². The van der Waals surface area contributed by atoms with Gasteiger partial charge in [0.2, 0.25) is 0 Å². The summed E-state index contributed by atoms with van der Waals surface area (Å²) in [5.74, 6) is -0.431. The zero-order chi connectivity index (χ0) is 20.2. The summed E-state index contributed by atoms with van der Waals surface area (Å²) in [6.45, 7) is 2.39. The summed E-state index contributed by atoms with van der Waals surface area (Å²) in [4.78, 5) is 20.1. The summed E-state index contributed by atoms with van der Waals surface area (Å²) < 4.78 is 0. The molecule has 27 heavy (non-hydrogen) atoms. The summed E-state index contributed by atoms with van der Waals surface area (Å²) in [5, 5.41) is 21.2. The van der Waals surface area contributed by atoms with Gasteiger partial charge in [0.15, 0.2) is 0 Å². The van der Waals surface area contributed by atoms with Crippen molar-refractivity contribution in [3.63, 3.8) is 0 Å². The zero-order valence-electron chi connectivity index (χ0n) is 14.9. The molecule has 2 aromatic rings. The van der Waals surface area contributed by atoms with Crippen LogP contribution in [0.4, 0.5) is 0 Å². The van der Waals surface area contributed by atoms with Crippen molar-refractivity contribution in [2.75, 3.05) is 26.2 Å². The van der Waals surface area contributed by atoms with E-state index < -0.39 is 0 Å². The zero-order valence-corrected chi connectivity index (χ0v) is 15.9. The molecule has 0 unspecified atom stereocenters. The predicted molar refractivity (Wildman–Crippen MR) is 98.8 cm³/mol. The van der Waals surface area contributed by atoms with Crippen LogP contribution in [0.15, 0.2) is 48.5 Å². The van der Waals surface area contributed by atoms with Crippen LogP contribution in [0.5, 0.6) is 11.5 Å². The third kappa shape index (κ3) is 16.9. The maximum absolute atomic E-state index is 10.6. The number of aldehydes is 2. The van der Waals surface area contributed by atoms with Gasteiger partial charge in [-0.1, -0.05) is 60.0 Å². The number of hydrogen-bond donors (Lipinski definition) is 4. The molecule has 1 radical (unpaired) electrons. The molecule has 2 aromatic carbocycles. The van der Waals surface area contributed by atoms with Gasteiger partial charge >= 0.3 is 16.8 Å². The second kappa shape index (κ2) is 21.8. The van der Waals surface area contributed by atoms with E-state index >= 15 is 0 Å². The molecule has 0 aliphatic carbocycles. The third-order valence-corrected chi connectivity index (χ3v) is 2.43. The number of para-hydroxylation sites is 2. The molecular formula is C18H26CoN4O4. The molecule has 8 N–H and O–H groups in total. The van der Waals surface area contributed by atoms with Crippen LogP contribution in [0.2, 0.25) is 0 Å². The molecule has 0 bridgehead atoms. The minimum absolute atomic E-state index is 0. The van der Waals surface area contributed by atoms with Gasteiger partial charge in [0.05, 0.1) is 0 Å². The molecule has 151 valence electrons. The van der Waals surface area contributed by atoms with Crippen LogP contribution in [0.1, 0.15) is 20.7 Å². The molecule has 0 heterocycles. The van der Waals surface area contributed by atoms with Crippen molar-refractivity contribution in [1.82, 2.24) is 0 Å². The summed E-state index contributed by atoms with van der Waals surface area (Å²) in [6.07, 6.45) is 1.12. The molecule has 0 aliphatic rings. The number of benzene rings is 2. The van der Waals surface area contributed by atoms with Gasteiger partial charge in [-0.3, -0.25) is 9.59 Å². The number of carbonyl (C=O) groups excluding carboxylic acids is 2. The van der Waals surface area contributed by atoms with Gasteiger partial charge in [0.25, 0.3) is 0 Å². The van der Waals surface area contributed by atoms with E-state index in [0.717, 1.165) is 0 Å². The fourth-order valence-electron chi connectivity index (χ4n) is 1.16. The summed E-state index contributed by atoms with van der Waals surface area (Å²) >= 11 is 0. The first-order valence-electron chi connectivity index (χ1n) is 7.74. The van der Waals surface area contributed by atoms with Crippen LogP contribution >= 0.6 is 0 Å². The van der Waals surface area contributed by atoms with Gasteiger partial charge in [-0.05, 0) is 0 Å². The second-order valence-electron chi connectivity index (χ2n) is 4.47. The number of rotatable bonds is 4. The fourth-order valence-corrected chi connectivity index (χ4v) is 1.16.